The molecule has 0 radical (unpaired) electrons. The largest absolute Gasteiger partial charge is 0.756 e. The van der Waals surface area contributed by atoms with E-state index in [0.717, 1.165) is 32.7 Å². The quantitative estimate of drug-likeness (QED) is 0.112. The third-order valence-electron chi connectivity index (χ3n) is 9.29. The van der Waals surface area contributed by atoms with E-state index in [9.17, 15) is 53.3 Å². The van der Waals surface area contributed by atoms with Crippen LogP contribution in [-0.2, 0) is 36.7 Å². The zero-order valence-electron chi connectivity index (χ0n) is 30.8. The zero-order valence-corrected chi connectivity index (χ0v) is 34.2. The minimum absolute atomic E-state index is 0.0269. The molecule has 0 aliphatic carbocycles. The molecule has 0 amide bonds. The summed E-state index contributed by atoms with van der Waals surface area (Å²) in [6.07, 6.45) is -7.65. The molecule has 0 spiro atoms. The molecule has 0 saturated carbocycles. The molecule has 58 heavy (non-hydrogen) atoms. The molecule has 4 aliphatic rings. The van der Waals surface area contributed by atoms with Gasteiger partial charge in [0.15, 0.2) is 12.3 Å². The topological polar surface area (TPSA) is 336 Å². The van der Waals surface area contributed by atoms with Crippen molar-refractivity contribution in [1.29, 1.82) is 0 Å². The highest BCUT2D eigenvalue weighted by atomic mass is 32.2. The number of phosphoric ester groups is 2. The van der Waals surface area contributed by atoms with Gasteiger partial charge in [0.05, 0.1) is 61.3 Å². The van der Waals surface area contributed by atoms with Gasteiger partial charge in [0.25, 0.3) is 7.82 Å². The van der Waals surface area contributed by atoms with Gasteiger partial charge in [0.1, 0.15) is 46.8 Å². The van der Waals surface area contributed by atoms with Crippen LogP contribution in [0.25, 0.3) is 0 Å². The van der Waals surface area contributed by atoms with Crippen molar-refractivity contribution in [2.75, 3.05) is 37.9 Å². The highest BCUT2D eigenvalue weighted by Gasteiger charge is 2.50. The molecule has 0 bridgehead atoms. The normalized spacial score (nSPS) is 36.9. The number of phosphoric acid groups is 2. The summed E-state index contributed by atoms with van der Waals surface area (Å²) < 4.78 is 86.2. The summed E-state index contributed by atoms with van der Waals surface area (Å²) in [5.74, 6) is -0.0593. The Balaban J connectivity index is 0.000000221. The van der Waals surface area contributed by atoms with E-state index < -0.39 is 124 Å². The van der Waals surface area contributed by atoms with Crippen molar-refractivity contribution in [2.45, 2.75) is 109 Å². The molecule has 8 unspecified atom stereocenters. The zero-order chi connectivity index (χ0) is 42.7. The second-order valence-electron chi connectivity index (χ2n) is 13.7. The van der Waals surface area contributed by atoms with Crippen molar-refractivity contribution in [2.24, 2.45) is 0 Å². The van der Waals surface area contributed by atoms with Gasteiger partial charge in [0.2, 0.25) is 0 Å². The molecule has 16 atom stereocenters. The van der Waals surface area contributed by atoms with E-state index in [1.165, 1.54) is 24.5 Å². The number of aliphatic hydroxyl groups excluding tert-OH is 4. The molecule has 0 aromatic carbocycles. The summed E-state index contributed by atoms with van der Waals surface area (Å²) >= 11 is 1.71. The van der Waals surface area contributed by atoms with Gasteiger partial charge >= 0.3 is 19.2 Å². The lowest BCUT2D eigenvalue weighted by atomic mass is 10.1. The molecule has 4 saturated heterocycles. The molecular formula is C30H45F2N6O16P2S2-. The lowest BCUT2D eigenvalue weighted by Gasteiger charge is -2.29. The number of ether oxygens (including phenoxy) is 2. The Bertz CT molecular complexity index is 1930. The van der Waals surface area contributed by atoms with E-state index in [1.54, 1.807) is 13.8 Å². The van der Waals surface area contributed by atoms with Crippen LogP contribution in [0.1, 0.15) is 37.4 Å². The Morgan fingerprint density at radius 1 is 0.862 bits per heavy atom. The number of halogens is 2. The van der Waals surface area contributed by atoms with Gasteiger partial charge in [-0.05, 0) is 26.0 Å². The lowest BCUT2D eigenvalue weighted by Crippen LogP contribution is -2.35. The molecule has 328 valence electrons. The monoisotopic (exact) mass is 909 g/mol. The fourth-order valence-electron chi connectivity index (χ4n) is 6.49. The number of rotatable bonds is 14. The summed E-state index contributed by atoms with van der Waals surface area (Å²) in [4.78, 5) is 53.1. The molecule has 6 heterocycles. The number of thioether (sulfide) groups is 2. The highest BCUT2D eigenvalue weighted by molar-refractivity contribution is 8.00. The van der Waals surface area contributed by atoms with E-state index in [1.807, 2.05) is 0 Å². The number of nitrogens with zero attached hydrogens (tertiary/aromatic N) is 4. The summed E-state index contributed by atoms with van der Waals surface area (Å²) in [6.45, 7) is 1.48. The Morgan fingerprint density at radius 2 is 1.41 bits per heavy atom. The van der Waals surface area contributed by atoms with Crippen LogP contribution in [-0.4, -0.2) is 143 Å². The Labute approximate surface area is 337 Å². The maximum Gasteiger partial charge on any atom is 0.472 e. The average Bonchev–Trinajstić information content (AvgIpc) is 3.85. The first kappa shape index (κ1) is 47.0. The first-order valence-electron chi connectivity index (χ1n) is 17.7. The molecule has 2 aromatic heterocycles. The van der Waals surface area contributed by atoms with Crippen LogP contribution in [0, 0.1) is 0 Å². The Kier molecular flexibility index (Phi) is 16.0. The Hall–Kier alpha value is -2.10. The number of aliphatic hydroxyl groups is 4. The first-order valence-corrected chi connectivity index (χ1v) is 22.5. The third kappa shape index (κ3) is 11.6. The predicted octanol–water partition coefficient (Wildman–Crippen LogP) is -1.01. The van der Waals surface area contributed by atoms with Gasteiger partial charge in [-0.2, -0.15) is 9.97 Å². The lowest BCUT2D eigenvalue weighted by molar-refractivity contribution is -0.231. The van der Waals surface area contributed by atoms with Crippen LogP contribution >= 0.6 is 39.2 Å². The van der Waals surface area contributed by atoms with Gasteiger partial charge in [-0.3, -0.25) is 22.7 Å². The number of anilines is 2. The van der Waals surface area contributed by atoms with Crippen LogP contribution in [0.3, 0.4) is 0 Å². The maximum atomic E-state index is 15.0. The van der Waals surface area contributed by atoms with Crippen LogP contribution in [0.5, 0.6) is 0 Å². The van der Waals surface area contributed by atoms with Gasteiger partial charge < -0.3 is 60.2 Å². The Morgan fingerprint density at radius 3 is 1.95 bits per heavy atom. The number of hydrogen-bond donors (Lipinski definition) is 7. The fraction of sp³-hybridized carbons (Fsp3) is 0.733. The minimum atomic E-state index is -4.81. The van der Waals surface area contributed by atoms with Gasteiger partial charge in [0, 0.05) is 25.2 Å². The molecular weight excluding hydrogens is 864 g/mol. The molecule has 6 rings (SSSR count). The van der Waals surface area contributed by atoms with E-state index in [4.69, 9.17) is 39.0 Å². The van der Waals surface area contributed by atoms with Crippen molar-refractivity contribution >= 4 is 50.8 Å². The SMILES string of the molecule is CC1CC(O)C(COP(=O)(O)OC2C(CO)SC(n3ccc(N)nc3=O)[C@H]2F)O1.C[C@H]1C[C@H](OP(=O)([O-])OC[C@H]2S[C@@H](n3ccc(N)nc3=O)[C@@H](F)[C@@H]2O)[C@@H](CO)O1. The molecule has 4 aliphatic heterocycles. The maximum absolute atomic E-state index is 15.0. The summed E-state index contributed by atoms with van der Waals surface area (Å²) in [5, 5.41) is 34.5. The number of nitrogen functional groups attached to an aromatic ring is 2. The summed E-state index contributed by atoms with van der Waals surface area (Å²) in [5.41, 5.74) is 9.24. The standard InChI is InChI=1S/2C15H23FN3O8PS/c1-7-4-8(21)9(26-7)6-25-28(23,24)27-13-10(5-20)29-14(12(13)16)19-3-2-11(17)18-15(19)22;1-7-4-8(9(5-20)26-7)27-28(23,24)25-6-10-13(21)12(16)14(29-10)19-3-2-11(17)18-15(19)22/h2*2-3,7-10,12-14,20-21H,4-6H2,1H3,(H,23,24)(H2,17,18,22)/p-1/t7?,8?,9?,10?,12-,13?,14?;7-,8-,9+,10+,12-,13+,14+/m00/s1. The number of aromatic nitrogens is 4. The van der Waals surface area contributed by atoms with E-state index in [-0.39, 0.29) is 30.3 Å². The highest BCUT2D eigenvalue weighted by Crippen LogP contribution is 2.53. The van der Waals surface area contributed by atoms with Crippen LogP contribution in [0.2, 0.25) is 0 Å². The van der Waals surface area contributed by atoms with Gasteiger partial charge in [-0.15, -0.1) is 23.5 Å². The molecule has 2 aromatic rings. The first-order chi connectivity index (χ1) is 27.2. The van der Waals surface area contributed by atoms with E-state index in [0.29, 0.717) is 6.42 Å². The van der Waals surface area contributed by atoms with Crippen molar-refractivity contribution in [3.05, 3.63) is 45.5 Å². The second-order valence-corrected chi connectivity index (χ2v) is 19.2. The van der Waals surface area contributed by atoms with Crippen LogP contribution in [0.4, 0.5) is 20.4 Å². The third-order valence-corrected chi connectivity index (χ3v) is 14.3. The molecule has 9 N–H and O–H groups in total. The van der Waals surface area contributed by atoms with Crippen molar-refractivity contribution in [1.82, 2.24) is 19.1 Å². The minimum Gasteiger partial charge on any atom is -0.756 e. The number of alkyl halides is 2. The molecule has 22 nitrogen and oxygen atoms in total. The summed E-state index contributed by atoms with van der Waals surface area (Å²) in [7, 11) is -9.56. The summed E-state index contributed by atoms with van der Waals surface area (Å²) in [6, 6.07) is 2.62. The molecule has 4 fully saturated rings. The van der Waals surface area contributed by atoms with Crippen LogP contribution < -0.4 is 27.7 Å². The van der Waals surface area contributed by atoms with Crippen LogP contribution in [0.15, 0.2) is 34.1 Å². The van der Waals surface area contributed by atoms with Gasteiger partial charge in [-0.25, -0.2) is 22.9 Å². The van der Waals surface area contributed by atoms with Crippen molar-refractivity contribution < 1.29 is 75.7 Å². The van der Waals surface area contributed by atoms with Crippen molar-refractivity contribution in [3.63, 3.8) is 0 Å². The second kappa shape index (κ2) is 19.7. The number of hydrogen-bond acceptors (Lipinski definition) is 21. The van der Waals surface area contributed by atoms with E-state index >= 15 is 4.39 Å². The number of nitrogens with two attached hydrogens (primary N) is 2. The predicted molar refractivity (Wildman–Crippen MR) is 200 cm³/mol. The van der Waals surface area contributed by atoms with Gasteiger partial charge in [-0.1, -0.05) is 0 Å². The fourth-order valence-corrected chi connectivity index (χ4v) is 11.4. The molecule has 28 heteroatoms. The average molecular weight is 910 g/mol. The van der Waals surface area contributed by atoms with E-state index in [2.05, 4.69) is 9.97 Å². The van der Waals surface area contributed by atoms with Crippen molar-refractivity contribution in [3.8, 4) is 0 Å². The smallest absolute Gasteiger partial charge is 0.472 e.